The largest absolute Gasteiger partial charge is 0.503 e. The number of hydrogen-bond donors (Lipinski definition) is 0. The van der Waals surface area contributed by atoms with Crippen LogP contribution in [0.3, 0.4) is 0 Å². The van der Waals surface area contributed by atoms with Gasteiger partial charge in [0.25, 0.3) is 0 Å². The van der Waals surface area contributed by atoms with Crippen LogP contribution in [0.4, 0.5) is 13.2 Å². The van der Waals surface area contributed by atoms with Crippen LogP contribution in [0.5, 0.6) is 5.88 Å². The predicted molar refractivity (Wildman–Crippen MR) is 110 cm³/mol. The molecule has 1 aliphatic rings. The molecule has 0 amide bonds. The lowest BCUT2D eigenvalue weighted by Crippen LogP contribution is -2.19. The number of rotatable bonds is 8. The van der Waals surface area contributed by atoms with Gasteiger partial charge in [-0.2, -0.15) is 13.2 Å². The summed E-state index contributed by atoms with van der Waals surface area (Å²) in [5, 5.41) is 4.07. The van der Waals surface area contributed by atoms with E-state index in [1.54, 1.807) is 24.3 Å². The molecule has 0 aliphatic heterocycles. The first kappa shape index (κ1) is 23.2. The minimum Gasteiger partial charge on any atom is -0.503 e. The quantitative estimate of drug-likeness (QED) is 0.282. The van der Waals surface area contributed by atoms with Crippen LogP contribution in [0.15, 0.2) is 35.1 Å². The number of benzene rings is 1. The highest BCUT2D eigenvalue weighted by atomic mass is 79.9. The summed E-state index contributed by atoms with van der Waals surface area (Å²) in [5.41, 5.74) is 0.0774. The van der Waals surface area contributed by atoms with E-state index in [-0.39, 0.29) is 16.8 Å². The molecule has 3 rings (SSSR count). The number of methoxy groups -OCH3 is 2. The first-order valence-corrected chi connectivity index (χ1v) is 10.4. The average molecular weight is 503 g/mol. The normalized spacial score (nSPS) is 14.8. The van der Waals surface area contributed by atoms with Crippen molar-refractivity contribution < 1.29 is 32.2 Å². The Morgan fingerprint density at radius 3 is 2.58 bits per heavy atom. The molecule has 1 aromatic carbocycles. The second-order valence-corrected chi connectivity index (χ2v) is 7.90. The van der Waals surface area contributed by atoms with Gasteiger partial charge in [0.1, 0.15) is 16.8 Å². The zero-order chi connectivity index (χ0) is 22.6. The smallest absolute Gasteiger partial charge is 0.424 e. The van der Waals surface area contributed by atoms with Crippen molar-refractivity contribution in [3.05, 3.63) is 51.8 Å². The van der Waals surface area contributed by atoms with Crippen molar-refractivity contribution in [2.75, 3.05) is 14.2 Å². The molecule has 0 radical (unpaired) electrons. The first-order valence-electron chi connectivity index (χ1n) is 9.62. The molecular formula is C21H22BrF3N2O4. The number of nitrogens with zero attached hydrogens (tertiary/aromatic N) is 2. The molecule has 2 aromatic rings. The fourth-order valence-corrected chi connectivity index (χ4v) is 3.92. The summed E-state index contributed by atoms with van der Waals surface area (Å²) in [7, 11) is 2.61. The molecule has 1 heterocycles. The van der Waals surface area contributed by atoms with Gasteiger partial charge < -0.3 is 14.2 Å². The fraction of sp³-hybridized carbons (Fsp3) is 0.429. The van der Waals surface area contributed by atoms with Gasteiger partial charge in [0, 0.05) is 6.54 Å². The molecule has 10 heteroatoms. The predicted octanol–water partition coefficient (Wildman–Crippen LogP) is 5.20. The second-order valence-electron chi connectivity index (χ2n) is 7.15. The van der Waals surface area contributed by atoms with E-state index >= 15 is 0 Å². The lowest BCUT2D eigenvalue weighted by atomic mass is 9.85. The van der Waals surface area contributed by atoms with E-state index in [0.29, 0.717) is 23.6 Å². The number of hydrogen-bond acceptors (Lipinski definition) is 5. The molecule has 1 fully saturated rings. The van der Waals surface area contributed by atoms with Crippen LogP contribution in [0.2, 0.25) is 0 Å². The number of alkyl halides is 3. The molecule has 0 atom stereocenters. The summed E-state index contributed by atoms with van der Waals surface area (Å²) in [5.74, 6) is -0.839. The Morgan fingerprint density at radius 2 is 2.00 bits per heavy atom. The van der Waals surface area contributed by atoms with Crippen LogP contribution in [0.25, 0.3) is 5.57 Å². The van der Waals surface area contributed by atoms with Gasteiger partial charge in [0.2, 0.25) is 5.88 Å². The van der Waals surface area contributed by atoms with Crippen LogP contribution in [-0.4, -0.2) is 30.0 Å². The lowest BCUT2D eigenvalue weighted by molar-refractivity contribution is -0.139. The first-order chi connectivity index (χ1) is 14.8. The SMILES string of the molecule is CO/C=C(/C(=O)OC)c1ccccc1COc1nn(CC2CCC2)c(Br)c1C(F)(F)F. The maximum absolute atomic E-state index is 13.7. The van der Waals surface area contributed by atoms with Crippen molar-refractivity contribution in [2.45, 2.75) is 38.6 Å². The maximum Gasteiger partial charge on any atom is 0.424 e. The summed E-state index contributed by atoms with van der Waals surface area (Å²) in [6.45, 7) is 0.164. The number of esters is 1. The van der Waals surface area contributed by atoms with E-state index in [9.17, 15) is 18.0 Å². The third-order valence-corrected chi connectivity index (χ3v) is 5.92. The second kappa shape index (κ2) is 9.76. The summed E-state index contributed by atoms with van der Waals surface area (Å²) in [6.07, 6.45) is -0.402. The highest BCUT2D eigenvalue weighted by Crippen LogP contribution is 2.42. The molecule has 0 bridgehead atoms. The van der Waals surface area contributed by atoms with E-state index in [4.69, 9.17) is 14.2 Å². The third kappa shape index (κ3) is 5.23. The maximum atomic E-state index is 13.7. The van der Waals surface area contributed by atoms with Gasteiger partial charge >= 0.3 is 12.1 Å². The number of carbonyl (C=O) groups is 1. The molecule has 1 saturated carbocycles. The van der Waals surface area contributed by atoms with Crippen LogP contribution < -0.4 is 4.74 Å². The van der Waals surface area contributed by atoms with Gasteiger partial charge in [-0.1, -0.05) is 30.7 Å². The van der Waals surface area contributed by atoms with Crippen molar-refractivity contribution in [3.8, 4) is 5.88 Å². The summed E-state index contributed by atoms with van der Waals surface area (Å²) >= 11 is 3.05. The summed E-state index contributed by atoms with van der Waals surface area (Å²) in [6, 6.07) is 6.67. The number of halogens is 4. The van der Waals surface area contributed by atoms with Crippen LogP contribution in [0, 0.1) is 5.92 Å². The van der Waals surface area contributed by atoms with Crippen molar-refractivity contribution in [3.63, 3.8) is 0 Å². The van der Waals surface area contributed by atoms with Gasteiger partial charge in [-0.25, -0.2) is 4.79 Å². The molecule has 0 N–H and O–H groups in total. The summed E-state index contributed by atoms with van der Waals surface area (Å²) < 4.78 is 57.5. The summed E-state index contributed by atoms with van der Waals surface area (Å²) in [4.78, 5) is 12.1. The molecule has 1 aromatic heterocycles. The van der Waals surface area contributed by atoms with Gasteiger partial charge in [0.05, 0.1) is 20.5 Å². The van der Waals surface area contributed by atoms with Crippen LogP contribution >= 0.6 is 15.9 Å². The molecule has 0 spiro atoms. The molecule has 0 unspecified atom stereocenters. The minimum absolute atomic E-state index is 0.122. The van der Waals surface area contributed by atoms with E-state index in [0.717, 1.165) is 19.3 Å². The molecule has 0 saturated heterocycles. The topological polar surface area (TPSA) is 62.6 Å². The zero-order valence-electron chi connectivity index (χ0n) is 17.0. The minimum atomic E-state index is -4.64. The van der Waals surface area contributed by atoms with Crippen LogP contribution in [-0.2, 0) is 33.6 Å². The average Bonchev–Trinajstić information content (AvgIpc) is 3.02. The fourth-order valence-electron chi connectivity index (χ4n) is 3.31. The molecule has 31 heavy (non-hydrogen) atoms. The monoisotopic (exact) mass is 502 g/mol. The highest BCUT2D eigenvalue weighted by molar-refractivity contribution is 9.10. The lowest BCUT2D eigenvalue weighted by Gasteiger charge is -2.25. The number of aromatic nitrogens is 2. The Kier molecular flexibility index (Phi) is 7.30. The van der Waals surface area contributed by atoms with Crippen molar-refractivity contribution in [2.24, 2.45) is 5.92 Å². The van der Waals surface area contributed by atoms with Gasteiger partial charge in [-0.15, -0.1) is 5.10 Å². The van der Waals surface area contributed by atoms with E-state index in [2.05, 4.69) is 21.0 Å². The molecule has 1 aliphatic carbocycles. The highest BCUT2D eigenvalue weighted by Gasteiger charge is 2.41. The molecular weight excluding hydrogens is 481 g/mol. The van der Waals surface area contributed by atoms with Crippen molar-refractivity contribution in [1.82, 2.24) is 9.78 Å². The molecule has 6 nitrogen and oxygen atoms in total. The standard InChI is InChI=1S/C21H22BrF3N2O4/c1-29-12-16(20(28)30-2)15-9-4-3-8-14(15)11-31-19-17(21(23,24)25)18(22)27(26-19)10-13-6-5-7-13/h3-4,8-9,12-13H,5-7,10-11H2,1-2H3/b16-12+. The van der Waals surface area contributed by atoms with E-state index in [1.807, 2.05) is 0 Å². The van der Waals surface area contributed by atoms with E-state index < -0.39 is 23.6 Å². The Morgan fingerprint density at radius 1 is 1.29 bits per heavy atom. The number of ether oxygens (including phenoxy) is 3. The van der Waals surface area contributed by atoms with Gasteiger partial charge in [0.15, 0.2) is 5.56 Å². The zero-order valence-corrected chi connectivity index (χ0v) is 18.6. The number of carbonyl (C=O) groups excluding carboxylic acids is 1. The van der Waals surface area contributed by atoms with E-state index in [1.165, 1.54) is 25.2 Å². The van der Waals surface area contributed by atoms with Crippen molar-refractivity contribution >= 4 is 27.5 Å². The van der Waals surface area contributed by atoms with Gasteiger partial charge in [-0.3, -0.25) is 4.68 Å². The van der Waals surface area contributed by atoms with Crippen LogP contribution in [0.1, 0.15) is 36.0 Å². The Balaban J connectivity index is 1.90. The van der Waals surface area contributed by atoms with Gasteiger partial charge in [-0.05, 0) is 45.8 Å². The Labute approximate surface area is 186 Å². The third-order valence-electron chi connectivity index (χ3n) is 5.11. The molecule has 168 valence electrons. The van der Waals surface area contributed by atoms with Crippen molar-refractivity contribution in [1.29, 1.82) is 0 Å². The Hall–Kier alpha value is -2.49. The Bertz CT molecular complexity index is 968.